The number of urea groups is 1. The third-order valence-electron chi connectivity index (χ3n) is 4.47. The number of rotatable bonds is 3. The van der Waals surface area contributed by atoms with Gasteiger partial charge < -0.3 is 19.7 Å². The predicted molar refractivity (Wildman–Crippen MR) is 96.2 cm³/mol. The highest BCUT2D eigenvalue weighted by molar-refractivity contribution is 5.89. The van der Waals surface area contributed by atoms with Gasteiger partial charge in [-0.25, -0.2) is 14.8 Å². The molecule has 3 heterocycles. The number of para-hydroxylation sites is 2. The number of nitrogens with one attached hydrogen (secondary N) is 1. The van der Waals surface area contributed by atoms with Crippen molar-refractivity contribution in [1.82, 2.24) is 14.9 Å². The Labute approximate surface area is 152 Å². The number of carbonyl (C=O) groups is 1. The molecule has 7 nitrogen and oxygen atoms in total. The average Bonchev–Trinajstić information content (AvgIpc) is 3.19. The Kier molecular flexibility index (Phi) is 4.14. The molecule has 0 aliphatic carbocycles. The Morgan fingerprint density at radius 2 is 1.88 bits per heavy atom. The topological polar surface area (TPSA) is 76.6 Å². The second-order valence-electron chi connectivity index (χ2n) is 7.15. The molecule has 0 bridgehead atoms. The van der Waals surface area contributed by atoms with Gasteiger partial charge >= 0.3 is 6.03 Å². The lowest BCUT2D eigenvalue weighted by molar-refractivity contribution is -0.0647. The molecule has 1 aromatic carbocycles. The number of amides is 2. The Morgan fingerprint density at radius 3 is 2.50 bits per heavy atom. The van der Waals surface area contributed by atoms with E-state index in [-0.39, 0.29) is 6.03 Å². The predicted octanol–water partition coefficient (Wildman–Crippen LogP) is 3.08. The molecule has 4 rings (SSSR count). The van der Waals surface area contributed by atoms with Crippen molar-refractivity contribution in [2.45, 2.75) is 32.5 Å². The van der Waals surface area contributed by atoms with Gasteiger partial charge in [0.2, 0.25) is 0 Å². The number of hydrogen-bond donors (Lipinski definition) is 1. The zero-order valence-corrected chi connectivity index (χ0v) is 14.9. The van der Waals surface area contributed by atoms with E-state index in [1.54, 1.807) is 17.3 Å². The Hall–Kier alpha value is -2.83. The van der Waals surface area contributed by atoms with Gasteiger partial charge in [0.25, 0.3) is 5.79 Å². The van der Waals surface area contributed by atoms with Crippen LogP contribution in [0.15, 0.2) is 36.7 Å². The van der Waals surface area contributed by atoms with E-state index in [0.717, 1.165) is 23.7 Å². The summed E-state index contributed by atoms with van der Waals surface area (Å²) >= 11 is 0. The lowest BCUT2D eigenvalue weighted by Gasteiger charge is -2.23. The van der Waals surface area contributed by atoms with Crippen molar-refractivity contribution in [3.8, 4) is 11.5 Å². The maximum absolute atomic E-state index is 12.5. The molecular formula is C19H22N4O3. The third-order valence-corrected chi connectivity index (χ3v) is 4.47. The van der Waals surface area contributed by atoms with E-state index < -0.39 is 5.79 Å². The van der Waals surface area contributed by atoms with Gasteiger partial charge in [-0.05, 0) is 18.1 Å². The minimum absolute atomic E-state index is 0.203. The van der Waals surface area contributed by atoms with Crippen molar-refractivity contribution in [3.63, 3.8) is 0 Å². The first-order chi connectivity index (χ1) is 12.5. The van der Waals surface area contributed by atoms with Crippen molar-refractivity contribution in [2.75, 3.05) is 18.4 Å². The van der Waals surface area contributed by atoms with E-state index in [0.29, 0.717) is 31.1 Å². The van der Waals surface area contributed by atoms with Crippen LogP contribution in [0.1, 0.15) is 26.1 Å². The van der Waals surface area contributed by atoms with Crippen LogP contribution in [0.2, 0.25) is 0 Å². The van der Waals surface area contributed by atoms with Crippen LogP contribution in [0.4, 0.5) is 10.5 Å². The van der Waals surface area contributed by atoms with Gasteiger partial charge in [-0.15, -0.1) is 0 Å². The number of fused-ring (bicyclic) bond motifs is 1. The van der Waals surface area contributed by atoms with Crippen LogP contribution in [-0.4, -0.2) is 39.8 Å². The fraction of sp³-hybridized carbons (Fsp3) is 0.421. The fourth-order valence-corrected chi connectivity index (χ4v) is 3.23. The van der Waals surface area contributed by atoms with Crippen LogP contribution >= 0.6 is 0 Å². The molecule has 0 radical (unpaired) electrons. The number of aromatic nitrogens is 2. The van der Waals surface area contributed by atoms with Crippen LogP contribution < -0.4 is 14.8 Å². The van der Waals surface area contributed by atoms with E-state index >= 15 is 0 Å². The minimum atomic E-state index is -0.779. The van der Waals surface area contributed by atoms with Crippen LogP contribution in [0.25, 0.3) is 0 Å². The molecular weight excluding hydrogens is 332 g/mol. The maximum Gasteiger partial charge on any atom is 0.322 e. The van der Waals surface area contributed by atoms with Crippen LogP contribution in [0.5, 0.6) is 11.5 Å². The lowest BCUT2D eigenvalue weighted by atomic mass is 10.1. The number of anilines is 1. The summed E-state index contributed by atoms with van der Waals surface area (Å²) in [5.74, 6) is 1.95. The number of nitrogens with zero attached hydrogens (tertiary/aromatic N) is 3. The molecule has 0 unspecified atom stereocenters. The Bertz CT molecular complexity index is 782. The van der Waals surface area contributed by atoms with Gasteiger partial charge in [0.1, 0.15) is 5.82 Å². The van der Waals surface area contributed by atoms with E-state index in [9.17, 15) is 4.79 Å². The largest absolute Gasteiger partial charge is 0.447 e. The average molecular weight is 354 g/mol. The van der Waals surface area contributed by atoms with Crippen molar-refractivity contribution >= 4 is 11.7 Å². The summed E-state index contributed by atoms with van der Waals surface area (Å²) in [4.78, 5) is 22.8. The molecule has 136 valence electrons. The normalized spacial score (nSPS) is 17.1. The number of likely N-dealkylation sites (tertiary alicyclic amines) is 1. The minimum Gasteiger partial charge on any atom is -0.447 e. The van der Waals surface area contributed by atoms with Crippen molar-refractivity contribution in [2.24, 2.45) is 5.92 Å². The van der Waals surface area contributed by atoms with E-state index in [1.165, 1.54) is 0 Å². The van der Waals surface area contributed by atoms with Gasteiger partial charge in [0.15, 0.2) is 11.5 Å². The molecule has 0 saturated carbocycles. The summed E-state index contributed by atoms with van der Waals surface area (Å²) in [6.45, 7) is 5.17. The highest BCUT2D eigenvalue weighted by Crippen LogP contribution is 2.42. The van der Waals surface area contributed by atoms with E-state index in [1.807, 2.05) is 24.3 Å². The number of ether oxygens (including phenoxy) is 2. The van der Waals surface area contributed by atoms with Crippen molar-refractivity contribution < 1.29 is 14.3 Å². The quantitative estimate of drug-likeness (QED) is 0.917. The zero-order valence-electron chi connectivity index (χ0n) is 14.9. The summed E-state index contributed by atoms with van der Waals surface area (Å²) in [5.41, 5.74) is 0.583. The van der Waals surface area contributed by atoms with Crippen molar-refractivity contribution in [3.05, 3.63) is 42.5 Å². The standard InChI is InChI=1S/C19H22N4O3/c1-13(2)9-17-20-10-14(11-21-17)22-18(24)23-8-7-19(12-23)25-15-5-3-4-6-16(15)26-19/h3-6,10-11,13H,7-9,12H2,1-2H3,(H,22,24). The first-order valence-corrected chi connectivity index (χ1v) is 8.87. The molecule has 2 aromatic rings. The Balaban J connectivity index is 1.37. The monoisotopic (exact) mass is 354 g/mol. The molecule has 1 N–H and O–H groups in total. The molecule has 1 aromatic heterocycles. The molecule has 7 heteroatoms. The van der Waals surface area contributed by atoms with Crippen LogP contribution in [0, 0.1) is 5.92 Å². The number of carbonyl (C=O) groups excluding carboxylic acids is 1. The second-order valence-corrected chi connectivity index (χ2v) is 7.15. The first kappa shape index (κ1) is 16.6. The van der Waals surface area contributed by atoms with Gasteiger partial charge in [-0.1, -0.05) is 26.0 Å². The molecule has 2 aliphatic rings. The molecule has 1 fully saturated rings. The molecule has 1 spiro atoms. The number of hydrogen-bond acceptors (Lipinski definition) is 5. The SMILES string of the molecule is CC(C)Cc1ncc(NC(=O)N2CCC3(C2)Oc2ccccc2O3)cn1. The number of benzene rings is 1. The summed E-state index contributed by atoms with van der Waals surface area (Å²) in [6, 6.07) is 7.36. The van der Waals surface area contributed by atoms with Crippen molar-refractivity contribution in [1.29, 1.82) is 0 Å². The molecule has 26 heavy (non-hydrogen) atoms. The fourth-order valence-electron chi connectivity index (χ4n) is 3.23. The summed E-state index contributed by atoms with van der Waals surface area (Å²) in [5, 5.41) is 2.84. The molecule has 2 amide bonds. The van der Waals surface area contributed by atoms with Gasteiger partial charge in [-0.2, -0.15) is 0 Å². The summed E-state index contributed by atoms with van der Waals surface area (Å²) in [7, 11) is 0. The van der Waals surface area contributed by atoms with Gasteiger partial charge in [0.05, 0.1) is 24.6 Å². The van der Waals surface area contributed by atoms with E-state index in [2.05, 4.69) is 29.1 Å². The molecule has 1 saturated heterocycles. The smallest absolute Gasteiger partial charge is 0.322 e. The van der Waals surface area contributed by atoms with E-state index in [4.69, 9.17) is 9.47 Å². The summed E-state index contributed by atoms with van der Waals surface area (Å²) in [6.07, 6.45) is 4.73. The van der Waals surface area contributed by atoms with Gasteiger partial charge in [-0.3, -0.25) is 0 Å². The lowest BCUT2D eigenvalue weighted by Crippen LogP contribution is -2.43. The van der Waals surface area contributed by atoms with Gasteiger partial charge in [0, 0.05) is 19.4 Å². The maximum atomic E-state index is 12.5. The second kappa shape index (κ2) is 6.48. The summed E-state index contributed by atoms with van der Waals surface area (Å²) < 4.78 is 11.9. The first-order valence-electron chi connectivity index (χ1n) is 8.87. The molecule has 2 aliphatic heterocycles. The highest BCUT2D eigenvalue weighted by Gasteiger charge is 2.48. The third kappa shape index (κ3) is 3.29. The molecule has 0 atom stereocenters. The zero-order chi connectivity index (χ0) is 18.1. The van der Waals surface area contributed by atoms with Crippen LogP contribution in [0.3, 0.4) is 0 Å². The Morgan fingerprint density at radius 1 is 1.23 bits per heavy atom. The van der Waals surface area contributed by atoms with Crippen LogP contribution in [-0.2, 0) is 6.42 Å². The highest BCUT2D eigenvalue weighted by atomic mass is 16.7.